The molecular formula is C10H9BrF4O. The standard InChI is InChI=1S/C10H9BrF4O/c11-3-1-2-4-16-10-8(14)6(12)5-7(13)9(10)15/h5H,1-4H2. The summed E-state index contributed by atoms with van der Waals surface area (Å²) in [6.45, 7) is 0.00231. The van der Waals surface area contributed by atoms with Gasteiger partial charge in [0.1, 0.15) is 0 Å². The molecule has 0 N–H and O–H groups in total. The number of unbranched alkanes of at least 4 members (excludes halogenated alkanes) is 1. The second-order valence-corrected chi connectivity index (χ2v) is 3.83. The van der Waals surface area contributed by atoms with Crippen molar-refractivity contribution in [1.29, 1.82) is 0 Å². The quantitative estimate of drug-likeness (QED) is 0.348. The van der Waals surface area contributed by atoms with E-state index in [-0.39, 0.29) is 12.7 Å². The molecule has 0 aliphatic heterocycles. The Morgan fingerprint density at radius 3 is 2.06 bits per heavy atom. The van der Waals surface area contributed by atoms with Crippen LogP contribution in [0.2, 0.25) is 0 Å². The van der Waals surface area contributed by atoms with E-state index in [4.69, 9.17) is 0 Å². The minimum atomic E-state index is -1.50. The molecule has 0 aliphatic rings. The van der Waals surface area contributed by atoms with Gasteiger partial charge in [0.15, 0.2) is 17.4 Å². The van der Waals surface area contributed by atoms with Crippen LogP contribution in [0, 0.1) is 23.3 Å². The van der Waals surface area contributed by atoms with E-state index in [2.05, 4.69) is 20.7 Å². The summed E-state index contributed by atoms with van der Waals surface area (Å²) in [5, 5.41) is 0.721. The average molecular weight is 301 g/mol. The lowest BCUT2D eigenvalue weighted by Crippen LogP contribution is -2.05. The summed E-state index contributed by atoms with van der Waals surface area (Å²) in [6.07, 6.45) is 1.27. The van der Waals surface area contributed by atoms with Gasteiger partial charge in [-0.2, -0.15) is 8.78 Å². The lowest BCUT2D eigenvalue weighted by Gasteiger charge is -2.08. The maximum atomic E-state index is 13.0. The number of rotatable bonds is 5. The maximum Gasteiger partial charge on any atom is 0.203 e. The van der Waals surface area contributed by atoms with Crippen molar-refractivity contribution in [2.24, 2.45) is 0 Å². The van der Waals surface area contributed by atoms with Crippen LogP contribution in [0.4, 0.5) is 17.6 Å². The average Bonchev–Trinajstić information content (AvgIpc) is 2.25. The number of hydrogen-bond acceptors (Lipinski definition) is 1. The predicted octanol–water partition coefficient (Wildman–Crippen LogP) is 3.80. The van der Waals surface area contributed by atoms with Crippen LogP contribution in [0.25, 0.3) is 0 Å². The fraction of sp³-hybridized carbons (Fsp3) is 0.400. The van der Waals surface area contributed by atoms with Crippen LogP contribution in [-0.4, -0.2) is 11.9 Å². The van der Waals surface area contributed by atoms with Crippen LogP contribution in [0.3, 0.4) is 0 Å². The summed E-state index contributed by atoms with van der Waals surface area (Å²) >= 11 is 3.16. The van der Waals surface area contributed by atoms with Crippen molar-refractivity contribution in [2.75, 3.05) is 11.9 Å². The Hall–Kier alpha value is -0.780. The number of halogens is 5. The van der Waals surface area contributed by atoms with Gasteiger partial charge in [-0.15, -0.1) is 0 Å². The fourth-order valence-corrected chi connectivity index (χ4v) is 1.45. The van der Waals surface area contributed by atoms with Gasteiger partial charge >= 0.3 is 0 Å². The summed E-state index contributed by atoms with van der Waals surface area (Å²) in [5.41, 5.74) is 0. The molecule has 0 saturated carbocycles. The summed E-state index contributed by atoms with van der Waals surface area (Å²) in [4.78, 5) is 0. The Balaban J connectivity index is 2.78. The number of hydrogen-bond donors (Lipinski definition) is 0. The first kappa shape index (κ1) is 13.3. The topological polar surface area (TPSA) is 9.23 Å². The van der Waals surface area contributed by atoms with Crippen molar-refractivity contribution in [3.05, 3.63) is 29.3 Å². The summed E-state index contributed by atoms with van der Waals surface area (Å²) in [5.74, 6) is -6.92. The molecule has 0 aromatic heterocycles. The molecule has 90 valence electrons. The molecule has 0 aliphatic carbocycles. The van der Waals surface area contributed by atoms with Crippen molar-refractivity contribution in [2.45, 2.75) is 12.8 Å². The largest absolute Gasteiger partial charge is 0.487 e. The lowest BCUT2D eigenvalue weighted by atomic mass is 10.3. The Bertz CT molecular complexity index is 344. The minimum Gasteiger partial charge on any atom is -0.487 e. The zero-order valence-corrected chi connectivity index (χ0v) is 9.79. The van der Waals surface area contributed by atoms with E-state index in [1.807, 2.05) is 0 Å². The molecule has 1 aromatic rings. The van der Waals surface area contributed by atoms with E-state index in [1.54, 1.807) is 0 Å². The van der Waals surface area contributed by atoms with Gasteiger partial charge in [0.2, 0.25) is 11.6 Å². The van der Waals surface area contributed by atoms with Crippen molar-refractivity contribution < 1.29 is 22.3 Å². The van der Waals surface area contributed by atoms with Crippen LogP contribution in [-0.2, 0) is 0 Å². The zero-order valence-electron chi connectivity index (χ0n) is 8.20. The first-order valence-corrected chi connectivity index (χ1v) is 5.71. The number of benzene rings is 1. The van der Waals surface area contributed by atoms with Crippen molar-refractivity contribution in [3.63, 3.8) is 0 Å². The molecule has 0 fully saturated rings. The predicted molar refractivity (Wildman–Crippen MR) is 54.8 cm³/mol. The monoisotopic (exact) mass is 300 g/mol. The molecule has 1 nitrogen and oxygen atoms in total. The van der Waals surface area contributed by atoms with Crippen molar-refractivity contribution in [1.82, 2.24) is 0 Å². The maximum absolute atomic E-state index is 13.0. The fourth-order valence-electron chi connectivity index (χ4n) is 1.05. The van der Waals surface area contributed by atoms with Gasteiger partial charge in [0, 0.05) is 11.4 Å². The highest BCUT2D eigenvalue weighted by atomic mass is 79.9. The van der Waals surface area contributed by atoms with Crippen LogP contribution < -0.4 is 4.74 Å². The van der Waals surface area contributed by atoms with Crippen molar-refractivity contribution in [3.8, 4) is 5.75 Å². The molecular weight excluding hydrogens is 292 g/mol. The van der Waals surface area contributed by atoms with Gasteiger partial charge in [-0.05, 0) is 12.8 Å². The first-order valence-electron chi connectivity index (χ1n) is 4.59. The summed E-state index contributed by atoms with van der Waals surface area (Å²) < 4.78 is 56.2. The van der Waals surface area contributed by atoms with Gasteiger partial charge in [-0.25, -0.2) is 8.78 Å². The van der Waals surface area contributed by atoms with Crippen molar-refractivity contribution >= 4 is 15.9 Å². The second kappa shape index (κ2) is 6.08. The third-order valence-electron chi connectivity index (χ3n) is 1.85. The van der Waals surface area contributed by atoms with Gasteiger partial charge in [-0.3, -0.25) is 0 Å². The molecule has 0 amide bonds. The Kier molecular flexibility index (Phi) is 5.05. The normalized spacial score (nSPS) is 10.6. The van der Waals surface area contributed by atoms with E-state index in [0.29, 0.717) is 6.42 Å². The Morgan fingerprint density at radius 2 is 1.56 bits per heavy atom. The SMILES string of the molecule is Fc1cc(F)c(F)c(OCCCCBr)c1F. The second-order valence-electron chi connectivity index (χ2n) is 3.04. The summed E-state index contributed by atoms with van der Waals surface area (Å²) in [7, 11) is 0. The summed E-state index contributed by atoms with van der Waals surface area (Å²) in [6, 6.07) is 0.149. The highest BCUT2D eigenvalue weighted by Crippen LogP contribution is 2.26. The molecule has 0 bridgehead atoms. The van der Waals surface area contributed by atoms with Crippen LogP contribution in [0.15, 0.2) is 6.07 Å². The molecule has 1 aromatic carbocycles. The molecule has 0 atom stereocenters. The smallest absolute Gasteiger partial charge is 0.203 e. The van der Waals surface area contributed by atoms with E-state index >= 15 is 0 Å². The van der Waals surface area contributed by atoms with Gasteiger partial charge in [0.05, 0.1) is 6.61 Å². The van der Waals surface area contributed by atoms with Crippen LogP contribution >= 0.6 is 15.9 Å². The molecule has 0 radical (unpaired) electrons. The van der Waals surface area contributed by atoms with Gasteiger partial charge < -0.3 is 4.74 Å². The highest BCUT2D eigenvalue weighted by Gasteiger charge is 2.20. The third kappa shape index (κ3) is 3.10. The molecule has 0 unspecified atom stereocenters. The van der Waals surface area contributed by atoms with Crippen LogP contribution in [0.1, 0.15) is 12.8 Å². The highest BCUT2D eigenvalue weighted by molar-refractivity contribution is 9.09. The lowest BCUT2D eigenvalue weighted by molar-refractivity contribution is 0.267. The first-order chi connectivity index (χ1) is 7.57. The number of ether oxygens (including phenoxy) is 1. The van der Waals surface area contributed by atoms with E-state index in [0.717, 1.165) is 11.8 Å². The molecule has 1 rings (SSSR count). The number of alkyl halides is 1. The van der Waals surface area contributed by atoms with Gasteiger partial charge in [-0.1, -0.05) is 15.9 Å². The third-order valence-corrected chi connectivity index (χ3v) is 2.41. The van der Waals surface area contributed by atoms with Gasteiger partial charge in [0.25, 0.3) is 0 Å². The molecule has 16 heavy (non-hydrogen) atoms. The Morgan fingerprint density at radius 1 is 1.00 bits per heavy atom. The molecule has 0 heterocycles. The Labute approximate surface area is 98.5 Å². The van der Waals surface area contributed by atoms with Crippen LogP contribution in [0.5, 0.6) is 5.75 Å². The van der Waals surface area contributed by atoms with E-state index in [1.165, 1.54) is 0 Å². The molecule has 6 heteroatoms. The molecule has 0 spiro atoms. The minimum absolute atomic E-state index is 0.00231. The van der Waals surface area contributed by atoms with E-state index in [9.17, 15) is 17.6 Å². The molecule has 0 saturated heterocycles. The zero-order chi connectivity index (χ0) is 12.1. The van der Waals surface area contributed by atoms with E-state index < -0.39 is 29.0 Å².